The predicted molar refractivity (Wildman–Crippen MR) is 63.3 cm³/mol. The number of aliphatic carboxylic acids is 1. The number of fused-ring (bicyclic) bond motifs is 1. The second-order valence-electron chi connectivity index (χ2n) is 5.05. The van der Waals surface area contributed by atoms with E-state index in [1.807, 2.05) is 0 Å². The first-order valence-corrected chi connectivity index (χ1v) is 6.29. The molecule has 0 saturated heterocycles. The molecule has 0 heterocycles. The fourth-order valence-electron chi connectivity index (χ4n) is 3.02. The molecule has 2 N–H and O–H groups in total. The summed E-state index contributed by atoms with van der Waals surface area (Å²) in [4.78, 5) is 22.9. The molecule has 2 saturated carbocycles. The zero-order chi connectivity index (χ0) is 12.4. The molecule has 2 aliphatic carbocycles. The first-order valence-electron chi connectivity index (χ1n) is 6.29. The lowest BCUT2D eigenvalue weighted by atomic mass is 10.1. The molecule has 4 heteroatoms. The van der Waals surface area contributed by atoms with Crippen molar-refractivity contribution in [2.24, 2.45) is 17.8 Å². The zero-order valence-electron chi connectivity index (χ0n) is 9.89. The number of hydrogen-bond acceptors (Lipinski definition) is 2. The Kier molecular flexibility index (Phi) is 3.50. The van der Waals surface area contributed by atoms with Crippen molar-refractivity contribution in [3.05, 3.63) is 12.7 Å². The van der Waals surface area contributed by atoms with Crippen LogP contribution in [0.4, 0.5) is 0 Å². The van der Waals surface area contributed by atoms with Gasteiger partial charge in [-0.15, -0.1) is 6.58 Å². The van der Waals surface area contributed by atoms with Crippen LogP contribution in [0.2, 0.25) is 0 Å². The van der Waals surface area contributed by atoms with Crippen LogP contribution in [0.5, 0.6) is 0 Å². The van der Waals surface area contributed by atoms with Crippen LogP contribution in [0.1, 0.15) is 32.1 Å². The summed E-state index contributed by atoms with van der Waals surface area (Å²) in [5.41, 5.74) is 0. The van der Waals surface area contributed by atoms with E-state index in [1.165, 1.54) is 6.42 Å². The van der Waals surface area contributed by atoms with Gasteiger partial charge in [0.25, 0.3) is 0 Å². The molecule has 2 aliphatic rings. The Balaban J connectivity index is 1.83. The molecule has 4 nitrogen and oxygen atoms in total. The molecule has 3 atom stereocenters. The fourth-order valence-corrected chi connectivity index (χ4v) is 3.02. The van der Waals surface area contributed by atoms with Gasteiger partial charge in [-0.2, -0.15) is 0 Å². The number of carbonyl (C=O) groups excluding carboxylic acids is 1. The average molecular weight is 237 g/mol. The summed E-state index contributed by atoms with van der Waals surface area (Å²) in [7, 11) is 0. The van der Waals surface area contributed by atoms with Gasteiger partial charge in [0.2, 0.25) is 5.91 Å². The number of amides is 1. The van der Waals surface area contributed by atoms with Gasteiger partial charge < -0.3 is 10.4 Å². The van der Waals surface area contributed by atoms with Crippen molar-refractivity contribution < 1.29 is 14.7 Å². The van der Waals surface area contributed by atoms with Gasteiger partial charge in [0.1, 0.15) is 6.04 Å². The normalized spacial score (nSPS) is 31.4. The molecule has 94 valence electrons. The lowest BCUT2D eigenvalue weighted by Crippen LogP contribution is -2.42. The highest BCUT2D eigenvalue weighted by Gasteiger charge is 2.56. The Hall–Kier alpha value is -1.32. The molecule has 2 fully saturated rings. The summed E-state index contributed by atoms with van der Waals surface area (Å²) in [5.74, 6) is 0.143. The van der Waals surface area contributed by atoms with E-state index >= 15 is 0 Å². The molecule has 0 aromatic carbocycles. The molecule has 3 unspecified atom stereocenters. The van der Waals surface area contributed by atoms with Gasteiger partial charge in [0.15, 0.2) is 0 Å². The lowest BCUT2D eigenvalue weighted by molar-refractivity contribution is -0.142. The number of nitrogens with one attached hydrogen (secondary N) is 1. The highest BCUT2D eigenvalue weighted by atomic mass is 16.4. The third-order valence-electron chi connectivity index (χ3n) is 3.98. The summed E-state index contributed by atoms with van der Waals surface area (Å²) in [6, 6.07) is -0.762. The van der Waals surface area contributed by atoms with Crippen molar-refractivity contribution in [2.45, 2.75) is 38.1 Å². The number of rotatable bonds is 6. The third kappa shape index (κ3) is 2.51. The second kappa shape index (κ2) is 4.90. The van der Waals surface area contributed by atoms with Gasteiger partial charge in [-0.3, -0.25) is 4.79 Å². The van der Waals surface area contributed by atoms with Crippen LogP contribution in [0.3, 0.4) is 0 Å². The molecule has 0 aromatic heterocycles. The van der Waals surface area contributed by atoms with Gasteiger partial charge >= 0.3 is 5.97 Å². The Morgan fingerprint density at radius 3 is 2.59 bits per heavy atom. The molecule has 17 heavy (non-hydrogen) atoms. The molecule has 0 spiro atoms. The maximum Gasteiger partial charge on any atom is 0.326 e. The quantitative estimate of drug-likeness (QED) is 0.689. The van der Waals surface area contributed by atoms with E-state index in [-0.39, 0.29) is 11.8 Å². The molecular weight excluding hydrogens is 218 g/mol. The molecule has 1 amide bonds. The van der Waals surface area contributed by atoms with E-state index in [1.54, 1.807) is 6.08 Å². The Bertz CT molecular complexity index is 330. The SMILES string of the molecule is C=CCCC(NC(=O)C1C2CCCC21)C(=O)O. The van der Waals surface area contributed by atoms with Crippen LogP contribution < -0.4 is 5.32 Å². The maximum absolute atomic E-state index is 11.9. The highest BCUT2D eigenvalue weighted by molar-refractivity contribution is 5.87. The summed E-state index contributed by atoms with van der Waals surface area (Å²) in [6.45, 7) is 3.56. The van der Waals surface area contributed by atoms with Gasteiger partial charge in [-0.25, -0.2) is 4.79 Å². The van der Waals surface area contributed by atoms with E-state index in [0.29, 0.717) is 24.7 Å². The van der Waals surface area contributed by atoms with Crippen LogP contribution in [-0.2, 0) is 9.59 Å². The number of carboxylic acid groups (broad SMARTS) is 1. The van der Waals surface area contributed by atoms with Gasteiger partial charge in [0.05, 0.1) is 0 Å². The Morgan fingerprint density at radius 1 is 1.41 bits per heavy atom. The summed E-state index contributed by atoms with van der Waals surface area (Å²) in [5, 5.41) is 11.7. The van der Waals surface area contributed by atoms with E-state index in [4.69, 9.17) is 5.11 Å². The van der Waals surface area contributed by atoms with Crippen molar-refractivity contribution >= 4 is 11.9 Å². The molecule has 0 aliphatic heterocycles. The Labute approximate surface area is 101 Å². The van der Waals surface area contributed by atoms with Crippen LogP contribution in [-0.4, -0.2) is 23.0 Å². The second-order valence-corrected chi connectivity index (χ2v) is 5.05. The topological polar surface area (TPSA) is 66.4 Å². The van der Waals surface area contributed by atoms with Crippen molar-refractivity contribution in [1.82, 2.24) is 5.32 Å². The number of carbonyl (C=O) groups is 2. The predicted octanol–water partition coefficient (Wildman–Crippen LogP) is 1.57. The number of carboxylic acids is 1. The molecule has 0 radical (unpaired) electrons. The van der Waals surface area contributed by atoms with Crippen LogP contribution >= 0.6 is 0 Å². The molecule has 2 rings (SSSR count). The van der Waals surface area contributed by atoms with Crippen molar-refractivity contribution in [1.29, 1.82) is 0 Å². The van der Waals surface area contributed by atoms with Crippen LogP contribution in [0.25, 0.3) is 0 Å². The smallest absolute Gasteiger partial charge is 0.326 e. The van der Waals surface area contributed by atoms with Crippen LogP contribution in [0, 0.1) is 17.8 Å². The van der Waals surface area contributed by atoms with Crippen molar-refractivity contribution in [3.63, 3.8) is 0 Å². The first-order chi connectivity index (χ1) is 8.15. The van der Waals surface area contributed by atoms with E-state index in [9.17, 15) is 9.59 Å². The van der Waals surface area contributed by atoms with Gasteiger partial charge in [0, 0.05) is 5.92 Å². The minimum absolute atomic E-state index is 0.0591. The first kappa shape index (κ1) is 12.1. The van der Waals surface area contributed by atoms with Crippen molar-refractivity contribution in [3.8, 4) is 0 Å². The minimum atomic E-state index is -0.953. The summed E-state index contributed by atoms with van der Waals surface area (Å²) >= 11 is 0. The van der Waals surface area contributed by atoms with Crippen molar-refractivity contribution in [2.75, 3.05) is 0 Å². The van der Waals surface area contributed by atoms with Crippen LogP contribution in [0.15, 0.2) is 12.7 Å². The van der Waals surface area contributed by atoms with E-state index in [0.717, 1.165) is 12.8 Å². The average Bonchev–Trinajstić information content (AvgIpc) is 2.78. The number of allylic oxidation sites excluding steroid dienone is 1. The van der Waals surface area contributed by atoms with Gasteiger partial charge in [-0.1, -0.05) is 12.5 Å². The highest BCUT2D eigenvalue weighted by Crippen LogP contribution is 2.57. The Morgan fingerprint density at radius 2 is 2.06 bits per heavy atom. The summed E-state index contributed by atoms with van der Waals surface area (Å²) in [6.07, 6.45) is 6.19. The minimum Gasteiger partial charge on any atom is -0.480 e. The monoisotopic (exact) mass is 237 g/mol. The van der Waals surface area contributed by atoms with Gasteiger partial charge in [-0.05, 0) is 37.5 Å². The number of hydrogen-bond donors (Lipinski definition) is 2. The zero-order valence-corrected chi connectivity index (χ0v) is 9.89. The standard InChI is InChI=1S/C13H19NO3/c1-2-3-7-10(13(16)17)14-12(15)11-8-5-4-6-9(8)11/h2,8-11H,1,3-7H2,(H,14,15)(H,16,17). The largest absolute Gasteiger partial charge is 0.480 e. The lowest BCUT2D eigenvalue weighted by Gasteiger charge is -2.14. The molecule has 0 bridgehead atoms. The van der Waals surface area contributed by atoms with E-state index in [2.05, 4.69) is 11.9 Å². The summed E-state index contributed by atoms with van der Waals surface area (Å²) < 4.78 is 0. The maximum atomic E-state index is 11.9. The van der Waals surface area contributed by atoms with E-state index < -0.39 is 12.0 Å². The molecular formula is C13H19NO3. The molecule has 0 aromatic rings. The third-order valence-corrected chi connectivity index (χ3v) is 3.98. The fraction of sp³-hybridized carbons (Fsp3) is 0.692.